The van der Waals surface area contributed by atoms with Crippen molar-refractivity contribution in [2.45, 2.75) is 32.9 Å². The highest BCUT2D eigenvalue weighted by molar-refractivity contribution is 5.63. The lowest BCUT2D eigenvalue weighted by Gasteiger charge is -2.08. The Labute approximate surface area is 115 Å². The number of hydrogen-bond donors (Lipinski definition) is 1. The first kappa shape index (κ1) is 12.4. The van der Waals surface area contributed by atoms with Crippen molar-refractivity contribution in [3.63, 3.8) is 0 Å². The van der Waals surface area contributed by atoms with E-state index in [0.717, 1.165) is 6.54 Å². The Morgan fingerprint density at radius 1 is 0.947 bits per heavy atom. The van der Waals surface area contributed by atoms with E-state index >= 15 is 0 Å². The highest BCUT2D eigenvalue weighted by Crippen LogP contribution is 2.44. The zero-order chi connectivity index (χ0) is 13.3. The third-order valence-electron chi connectivity index (χ3n) is 4.13. The predicted molar refractivity (Wildman–Crippen MR) is 80.9 cm³/mol. The van der Waals surface area contributed by atoms with E-state index in [1.54, 1.807) is 0 Å². The van der Waals surface area contributed by atoms with Crippen LogP contribution >= 0.6 is 0 Å². The van der Waals surface area contributed by atoms with Crippen LogP contribution in [0.5, 0.6) is 0 Å². The van der Waals surface area contributed by atoms with Crippen LogP contribution in [0.1, 0.15) is 25.8 Å². The number of nitrogens with one attached hydrogen (secondary N) is 1. The van der Waals surface area contributed by atoms with Gasteiger partial charge in [-0.1, -0.05) is 68.4 Å². The summed E-state index contributed by atoms with van der Waals surface area (Å²) >= 11 is 0. The fourth-order valence-corrected chi connectivity index (χ4v) is 2.50. The van der Waals surface area contributed by atoms with Crippen LogP contribution in [0.15, 0.2) is 54.6 Å². The monoisotopic (exact) mass is 251 g/mol. The second kappa shape index (κ2) is 4.82. The summed E-state index contributed by atoms with van der Waals surface area (Å²) in [5.74, 6) is 0. The highest BCUT2D eigenvalue weighted by atomic mass is 15.0. The van der Waals surface area contributed by atoms with Gasteiger partial charge < -0.3 is 5.32 Å². The Bertz CT molecular complexity index is 540. The van der Waals surface area contributed by atoms with Crippen molar-refractivity contribution >= 4 is 0 Å². The van der Waals surface area contributed by atoms with Crippen molar-refractivity contribution < 1.29 is 0 Å². The lowest BCUT2D eigenvalue weighted by molar-refractivity contribution is 0.542. The summed E-state index contributed by atoms with van der Waals surface area (Å²) in [5.41, 5.74) is 4.44. The summed E-state index contributed by atoms with van der Waals surface area (Å²) in [6.45, 7) is 5.62. The standard InChI is InChI=1S/C18H21N/c1-18(2)12-17(18)19-13-14-8-10-16(11-9-14)15-6-4-3-5-7-15/h3-11,17,19H,12-13H2,1-2H3. The maximum absolute atomic E-state index is 3.62. The summed E-state index contributed by atoms with van der Waals surface area (Å²) < 4.78 is 0. The molecule has 0 amide bonds. The molecule has 1 nitrogen and oxygen atoms in total. The van der Waals surface area contributed by atoms with Crippen molar-refractivity contribution in [2.24, 2.45) is 5.41 Å². The van der Waals surface area contributed by atoms with E-state index in [1.165, 1.54) is 23.1 Å². The molecule has 19 heavy (non-hydrogen) atoms. The van der Waals surface area contributed by atoms with Crippen LogP contribution < -0.4 is 5.32 Å². The molecule has 0 aromatic heterocycles. The second-order valence-corrected chi connectivity index (χ2v) is 6.19. The van der Waals surface area contributed by atoms with Gasteiger partial charge in [0.2, 0.25) is 0 Å². The minimum absolute atomic E-state index is 0.504. The quantitative estimate of drug-likeness (QED) is 0.857. The van der Waals surface area contributed by atoms with E-state index in [9.17, 15) is 0 Å². The van der Waals surface area contributed by atoms with Gasteiger partial charge in [-0.2, -0.15) is 0 Å². The van der Waals surface area contributed by atoms with Crippen molar-refractivity contribution in [1.29, 1.82) is 0 Å². The van der Waals surface area contributed by atoms with Crippen LogP contribution in [0, 0.1) is 5.41 Å². The topological polar surface area (TPSA) is 12.0 Å². The molecular weight excluding hydrogens is 230 g/mol. The lowest BCUT2D eigenvalue weighted by Crippen LogP contribution is -2.19. The lowest BCUT2D eigenvalue weighted by atomic mass is 10.0. The largest absolute Gasteiger partial charge is 0.309 e. The van der Waals surface area contributed by atoms with Gasteiger partial charge in [0.15, 0.2) is 0 Å². The van der Waals surface area contributed by atoms with E-state index in [2.05, 4.69) is 73.8 Å². The molecular formula is C18H21N. The average Bonchev–Trinajstić information content (AvgIpc) is 3.06. The molecule has 0 spiro atoms. The first-order valence-corrected chi connectivity index (χ1v) is 7.03. The maximum Gasteiger partial charge on any atom is 0.0208 e. The van der Waals surface area contributed by atoms with Gasteiger partial charge in [-0.3, -0.25) is 0 Å². The molecule has 2 aromatic rings. The minimum Gasteiger partial charge on any atom is -0.309 e. The molecule has 1 unspecified atom stereocenters. The van der Waals surface area contributed by atoms with E-state index in [-0.39, 0.29) is 0 Å². The van der Waals surface area contributed by atoms with Crippen LogP contribution in [-0.2, 0) is 6.54 Å². The second-order valence-electron chi connectivity index (χ2n) is 6.19. The van der Waals surface area contributed by atoms with Gasteiger partial charge in [0.25, 0.3) is 0 Å². The fraction of sp³-hybridized carbons (Fsp3) is 0.333. The Kier molecular flexibility index (Phi) is 3.16. The van der Waals surface area contributed by atoms with E-state index in [0.29, 0.717) is 11.5 Å². The fourth-order valence-electron chi connectivity index (χ4n) is 2.50. The molecule has 3 rings (SSSR count). The molecule has 0 saturated heterocycles. The van der Waals surface area contributed by atoms with Gasteiger partial charge in [0.05, 0.1) is 0 Å². The molecule has 0 heterocycles. The predicted octanol–water partition coefficient (Wildman–Crippen LogP) is 4.24. The van der Waals surface area contributed by atoms with Crippen molar-refractivity contribution in [3.8, 4) is 11.1 Å². The summed E-state index contributed by atoms with van der Waals surface area (Å²) in [7, 11) is 0. The molecule has 1 saturated carbocycles. The molecule has 0 radical (unpaired) electrons. The van der Waals surface area contributed by atoms with Gasteiger partial charge in [0, 0.05) is 12.6 Å². The zero-order valence-corrected chi connectivity index (χ0v) is 11.7. The first-order chi connectivity index (χ1) is 9.15. The molecule has 1 fully saturated rings. The van der Waals surface area contributed by atoms with Gasteiger partial charge in [0.1, 0.15) is 0 Å². The summed E-state index contributed by atoms with van der Waals surface area (Å²) in [4.78, 5) is 0. The third kappa shape index (κ3) is 2.87. The zero-order valence-electron chi connectivity index (χ0n) is 11.7. The molecule has 1 aliphatic carbocycles. The van der Waals surface area contributed by atoms with Gasteiger partial charge in [-0.05, 0) is 28.5 Å². The van der Waals surface area contributed by atoms with Crippen LogP contribution in [0.2, 0.25) is 0 Å². The summed E-state index contributed by atoms with van der Waals surface area (Å²) in [6.07, 6.45) is 1.30. The smallest absolute Gasteiger partial charge is 0.0208 e. The molecule has 0 aliphatic heterocycles. The van der Waals surface area contributed by atoms with Crippen molar-refractivity contribution in [3.05, 3.63) is 60.2 Å². The molecule has 1 atom stereocenters. The molecule has 0 bridgehead atoms. The Morgan fingerprint density at radius 2 is 1.53 bits per heavy atom. The first-order valence-electron chi connectivity index (χ1n) is 7.03. The van der Waals surface area contributed by atoms with E-state index in [4.69, 9.17) is 0 Å². The average molecular weight is 251 g/mol. The normalized spacial score (nSPS) is 20.2. The number of hydrogen-bond acceptors (Lipinski definition) is 1. The molecule has 2 aromatic carbocycles. The third-order valence-corrected chi connectivity index (χ3v) is 4.13. The molecule has 1 aliphatic rings. The Morgan fingerprint density at radius 3 is 2.11 bits per heavy atom. The van der Waals surface area contributed by atoms with E-state index in [1.807, 2.05) is 0 Å². The van der Waals surface area contributed by atoms with Crippen LogP contribution in [0.3, 0.4) is 0 Å². The Hall–Kier alpha value is -1.60. The van der Waals surface area contributed by atoms with Crippen LogP contribution in [0.4, 0.5) is 0 Å². The molecule has 1 heteroatoms. The van der Waals surface area contributed by atoms with E-state index < -0.39 is 0 Å². The number of benzene rings is 2. The summed E-state index contributed by atoms with van der Waals surface area (Å²) in [5, 5.41) is 3.62. The highest BCUT2D eigenvalue weighted by Gasteiger charge is 2.44. The Balaban J connectivity index is 1.63. The van der Waals surface area contributed by atoms with Crippen molar-refractivity contribution in [2.75, 3.05) is 0 Å². The van der Waals surface area contributed by atoms with Crippen LogP contribution in [-0.4, -0.2) is 6.04 Å². The van der Waals surface area contributed by atoms with Crippen LogP contribution in [0.25, 0.3) is 11.1 Å². The minimum atomic E-state index is 0.504. The van der Waals surface area contributed by atoms with Gasteiger partial charge in [-0.15, -0.1) is 0 Å². The van der Waals surface area contributed by atoms with Gasteiger partial charge >= 0.3 is 0 Å². The van der Waals surface area contributed by atoms with Crippen molar-refractivity contribution in [1.82, 2.24) is 5.32 Å². The molecule has 1 N–H and O–H groups in total. The summed E-state index contributed by atoms with van der Waals surface area (Å²) in [6, 6.07) is 20.1. The molecule has 98 valence electrons. The number of rotatable bonds is 4. The SMILES string of the molecule is CC1(C)CC1NCc1ccc(-c2ccccc2)cc1. The van der Waals surface area contributed by atoms with Gasteiger partial charge in [-0.25, -0.2) is 0 Å². The maximum atomic E-state index is 3.62.